The Morgan fingerprint density at radius 3 is 2.00 bits per heavy atom. The van der Waals surface area contributed by atoms with Crippen molar-refractivity contribution in [1.29, 1.82) is 0 Å². The number of anilines is 1. The molecule has 0 saturated heterocycles. The predicted octanol–water partition coefficient (Wildman–Crippen LogP) is 2.84. The van der Waals surface area contributed by atoms with Crippen molar-refractivity contribution in [2.75, 3.05) is 18.1 Å². The van der Waals surface area contributed by atoms with Crippen molar-refractivity contribution in [3.8, 4) is 0 Å². The number of carbonyl (C=O) groups excluding carboxylic acids is 2. The lowest BCUT2D eigenvalue weighted by Crippen LogP contribution is -2.52. The molecule has 0 aliphatic rings. The average molecular weight is 308 g/mol. The second-order valence-corrected chi connectivity index (χ2v) is 4.61. The fourth-order valence-electron chi connectivity index (χ4n) is 2.18. The summed E-state index contributed by atoms with van der Waals surface area (Å²) in [6, 6.07) is 8.26. The van der Waals surface area contributed by atoms with Gasteiger partial charge in [0.2, 0.25) is 6.41 Å². The van der Waals surface area contributed by atoms with Crippen LogP contribution in [-0.2, 0) is 14.3 Å². The SMILES string of the molecule is CCOC(C)N(C(=O)N(C=O)c1ccccc1)C(C)OCC. The molecule has 0 radical (unpaired) electrons. The lowest BCUT2D eigenvalue weighted by Gasteiger charge is -2.35. The van der Waals surface area contributed by atoms with Crippen molar-refractivity contribution in [2.45, 2.75) is 40.2 Å². The molecule has 3 amide bonds. The van der Waals surface area contributed by atoms with Crippen LogP contribution < -0.4 is 4.90 Å². The summed E-state index contributed by atoms with van der Waals surface area (Å²) in [4.78, 5) is 26.6. The number of nitrogens with zero attached hydrogens (tertiary/aromatic N) is 2. The third-order valence-electron chi connectivity index (χ3n) is 3.17. The van der Waals surface area contributed by atoms with Crippen LogP contribution in [0.3, 0.4) is 0 Å². The fourth-order valence-corrected chi connectivity index (χ4v) is 2.18. The van der Waals surface area contributed by atoms with Gasteiger partial charge in [-0.15, -0.1) is 0 Å². The Kier molecular flexibility index (Phi) is 7.56. The molecule has 0 spiro atoms. The minimum absolute atomic E-state index is 0.455. The van der Waals surface area contributed by atoms with Crippen molar-refractivity contribution in [2.24, 2.45) is 0 Å². The van der Waals surface area contributed by atoms with Crippen LogP contribution in [0.15, 0.2) is 30.3 Å². The summed E-state index contributed by atoms with van der Waals surface area (Å²) >= 11 is 0. The second kappa shape index (κ2) is 9.17. The molecular formula is C16H24N2O4. The van der Waals surface area contributed by atoms with Crippen LogP contribution in [0.2, 0.25) is 0 Å². The van der Waals surface area contributed by atoms with E-state index in [4.69, 9.17) is 9.47 Å². The number of carbonyl (C=O) groups is 2. The molecule has 2 atom stereocenters. The Morgan fingerprint density at radius 2 is 1.59 bits per heavy atom. The maximum Gasteiger partial charge on any atom is 0.335 e. The summed E-state index contributed by atoms with van der Waals surface area (Å²) in [6.07, 6.45) is -0.516. The van der Waals surface area contributed by atoms with Crippen molar-refractivity contribution in [1.82, 2.24) is 4.90 Å². The van der Waals surface area contributed by atoms with Crippen LogP contribution in [0.5, 0.6) is 0 Å². The van der Waals surface area contributed by atoms with Gasteiger partial charge in [-0.05, 0) is 39.8 Å². The first kappa shape index (κ1) is 18.1. The van der Waals surface area contributed by atoms with Gasteiger partial charge in [-0.1, -0.05) is 18.2 Å². The molecule has 122 valence electrons. The monoisotopic (exact) mass is 308 g/mol. The molecule has 22 heavy (non-hydrogen) atoms. The third-order valence-corrected chi connectivity index (χ3v) is 3.17. The Balaban J connectivity index is 3.05. The predicted molar refractivity (Wildman–Crippen MR) is 84.4 cm³/mol. The molecule has 6 heteroatoms. The van der Waals surface area contributed by atoms with Gasteiger partial charge in [0.15, 0.2) is 0 Å². The number of rotatable bonds is 8. The van der Waals surface area contributed by atoms with Gasteiger partial charge in [0.1, 0.15) is 12.5 Å². The van der Waals surface area contributed by atoms with Crippen LogP contribution in [0.25, 0.3) is 0 Å². The van der Waals surface area contributed by atoms with Gasteiger partial charge in [-0.25, -0.2) is 9.69 Å². The van der Waals surface area contributed by atoms with Crippen molar-refractivity contribution >= 4 is 18.1 Å². The van der Waals surface area contributed by atoms with Gasteiger partial charge in [0.25, 0.3) is 0 Å². The van der Waals surface area contributed by atoms with Gasteiger partial charge in [0, 0.05) is 13.2 Å². The van der Waals surface area contributed by atoms with E-state index in [1.165, 1.54) is 4.90 Å². The van der Waals surface area contributed by atoms with Gasteiger partial charge in [-0.3, -0.25) is 9.69 Å². The normalized spacial score (nSPS) is 13.3. The Labute approximate surface area is 131 Å². The molecule has 0 aromatic heterocycles. The molecule has 1 aromatic carbocycles. The van der Waals surface area contributed by atoms with Gasteiger partial charge < -0.3 is 9.47 Å². The minimum atomic E-state index is -0.509. The molecule has 1 rings (SSSR count). The Hall–Kier alpha value is -1.92. The molecule has 0 N–H and O–H groups in total. The topological polar surface area (TPSA) is 59.1 Å². The van der Waals surface area contributed by atoms with Crippen LogP contribution in [0, 0.1) is 0 Å². The third kappa shape index (κ3) is 4.54. The minimum Gasteiger partial charge on any atom is -0.359 e. The summed E-state index contributed by atoms with van der Waals surface area (Å²) in [6.45, 7) is 8.11. The molecule has 0 bridgehead atoms. The second-order valence-electron chi connectivity index (χ2n) is 4.61. The molecule has 0 saturated carbocycles. The molecule has 0 fully saturated rings. The smallest absolute Gasteiger partial charge is 0.335 e. The first-order valence-electron chi connectivity index (χ1n) is 7.41. The zero-order chi connectivity index (χ0) is 16.5. The Morgan fingerprint density at radius 1 is 1.09 bits per heavy atom. The number of para-hydroxylation sites is 1. The average Bonchev–Trinajstić information content (AvgIpc) is 2.50. The van der Waals surface area contributed by atoms with E-state index in [2.05, 4.69) is 0 Å². The summed E-state index contributed by atoms with van der Waals surface area (Å²) in [7, 11) is 0. The number of urea groups is 1. The summed E-state index contributed by atoms with van der Waals surface area (Å²) < 4.78 is 11.0. The number of ether oxygens (including phenoxy) is 2. The molecular weight excluding hydrogens is 284 g/mol. The number of hydrogen-bond acceptors (Lipinski definition) is 4. The van der Waals surface area contributed by atoms with E-state index in [0.29, 0.717) is 25.3 Å². The van der Waals surface area contributed by atoms with Gasteiger partial charge in [-0.2, -0.15) is 0 Å². The quantitative estimate of drug-likeness (QED) is 0.547. The van der Waals surface area contributed by atoms with E-state index in [0.717, 1.165) is 4.90 Å². The van der Waals surface area contributed by atoms with E-state index >= 15 is 0 Å². The van der Waals surface area contributed by atoms with E-state index in [1.807, 2.05) is 19.9 Å². The van der Waals surface area contributed by atoms with Crippen LogP contribution in [0.1, 0.15) is 27.7 Å². The molecule has 1 aromatic rings. The highest BCUT2D eigenvalue weighted by Crippen LogP contribution is 2.18. The van der Waals surface area contributed by atoms with Crippen LogP contribution in [0.4, 0.5) is 10.5 Å². The zero-order valence-corrected chi connectivity index (χ0v) is 13.6. The van der Waals surface area contributed by atoms with Crippen molar-refractivity contribution in [3.63, 3.8) is 0 Å². The molecule has 0 aliphatic carbocycles. The Bertz CT molecular complexity index is 454. The number of amides is 3. The molecule has 0 heterocycles. The van der Waals surface area contributed by atoms with Gasteiger partial charge in [0.05, 0.1) is 5.69 Å². The summed E-state index contributed by atoms with van der Waals surface area (Å²) in [5.74, 6) is 0. The van der Waals surface area contributed by atoms with Gasteiger partial charge >= 0.3 is 6.03 Å². The van der Waals surface area contributed by atoms with E-state index in [9.17, 15) is 9.59 Å². The van der Waals surface area contributed by atoms with E-state index in [-0.39, 0.29) is 0 Å². The van der Waals surface area contributed by atoms with Crippen molar-refractivity contribution < 1.29 is 19.1 Å². The maximum absolute atomic E-state index is 12.8. The van der Waals surface area contributed by atoms with Crippen molar-refractivity contribution in [3.05, 3.63) is 30.3 Å². The highest BCUT2D eigenvalue weighted by atomic mass is 16.5. The lowest BCUT2D eigenvalue weighted by molar-refractivity contribution is -0.112. The highest BCUT2D eigenvalue weighted by Gasteiger charge is 2.31. The van der Waals surface area contributed by atoms with E-state index < -0.39 is 18.5 Å². The highest BCUT2D eigenvalue weighted by molar-refractivity contribution is 6.06. The molecule has 6 nitrogen and oxygen atoms in total. The van der Waals surface area contributed by atoms with E-state index in [1.54, 1.807) is 38.1 Å². The standard InChI is InChI=1S/C16H24N2O4/c1-5-21-13(3)18(14(4)22-6-2)16(20)17(12-19)15-10-8-7-9-11-15/h7-14H,5-6H2,1-4H3. The van der Waals surface area contributed by atoms with Crippen LogP contribution >= 0.6 is 0 Å². The number of benzene rings is 1. The lowest BCUT2D eigenvalue weighted by atomic mass is 10.3. The molecule has 0 aliphatic heterocycles. The first-order chi connectivity index (χ1) is 10.6. The summed E-state index contributed by atoms with van der Waals surface area (Å²) in [5.41, 5.74) is 0.500. The first-order valence-corrected chi connectivity index (χ1v) is 7.41. The zero-order valence-electron chi connectivity index (χ0n) is 13.6. The number of hydrogen-bond donors (Lipinski definition) is 0. The van der Waals surface area contributed by atoms with Crippen LogP contribution in [-0.4, -0.2) is 43.0 Å². The molecule has 2 unspecified atom stereocenters. The fraction of sp³-hybridized carbons (Fsp3) is 0.500. The summed E-state index contributed by atoms with van der Waals surface area (Å²) in [5, 5.41) is 0. The largest absolute Gasteiger partial charge is 0.359 e. The maximum atomic E-state index is 12.8. The number of imide groups is 1.